The molecule has 1 aromatic heterocycles. The van der Waals surface area contributed by atoms with Gasteiger partial charge < -0.3 is 12.9 Å². The first kappa shape index (κ1) is 26.4. The molecule has 0 amide bonds. The molecular formula is C37H28O3P2. The van der Waals surface area contributed by atoms with Gasteiger partial charge in [-0.2, -0.15) is 0 Å². The Morgan fingerprint density at radius 1 is 0.476 bits per heavy atom. The van der Waals surface area contributed by atoms with E-state index in [9.17, 15) is 0 Å². The van der Waals surface area contributed by atoms with E-state index in [1.807, 2.05) is 54.6 Å². The number of hydrogen-bond donors (Lipinski definition) is 0. The van der Waals surface area contributed by atoms with Gasteiger partial charge in [-0.3, -0.25) is 0 Å². The molecule has 7 rings (SSSR count). The molecule has 5 heteroatoms. The Hall–Kier alpha value is -4.55. The third-order valence-electron chi connectivity index (χ3n) is 7.13. The van der Waals surface area contributed by atoms with Gasteiger partial charge in [-0.05, 0) is 29.3 Å². The summed E-state index contributed by atoms with van der Waals surface area (Å²) in [6.45, 7) is 0. The number of fused-ring (bicyclic) bond motifs is 3. The van der Waals surface area contributed by atoms with Crippen molar-refractivity contribution in [3.63, 3.8) is 0 Å². The zero-order valence-electron chi connectivity index (χ0n) is 22.8. The summed E-state index contributed by atoms with van der Waals surface area (Å²) in [5.74, 6) is 0.856. The lowest BCUT2D eigenvalue weighted by Gasteiger charge is -2.22. The fraction of sp³-hybridized carbons (Fsp3) is 0.0270. The Kier molecular flexibility index (Phi) is 7.61. The Morgan fingerprint density at radius 2 is 0.952 bits per heavy atom. The van der Waals surface area contributed by atoms with E-state index in [1.54, 1.807) is 0 Å². The predicted octanol–water partition coefficient (Wildman–Crippen LogP) is 10.4. The molecule has 204 valence electrons. The molecule has 0 unspecified atom stereocenters. The van der Waals surface area contributed by atoms with Crippen molar-refractivity contribution in [2.45, 2.75) is 6.16 Å². The van der Waals surface area contributed by atoms with Crippen LogP contribution in [0.3, 0.4) is 0 Å². The molecule has 0 bridgehead atoms. The standard InChI is InChI=1S/C37H28O3P2/c1-3-16-29(17-4-1)42(30-18-5-2-6-19-30)40-37-26-14-9-21-32(37)31-20-8-7-15-28(31)27-41-38-35-24-12-10-22-33(35)34-23-11-13-25-36(34)39-41/h1-26H,27H2. The molecule has 3 nitrogen and oxygen atoms in total. The maximum absolute atomic E-state index is 6.94. The largest absolute Gasteiger partial charge is 0.464 e. The van der Waals surface area contributed by atoms with Crippen LogP contribution in [0.1, 0.15) is 5.56 Å². The van der Waals surface area contributed by atoms with Crippen LogP contribution >= 0.6 is 16.2 Å². The van der Waals surface area contributed by atoms with E-state index in [0.29, 0.717) is 6.16 Å². The van der Waals surface area contributed by atoms with E-state index < -0.39 is 16.2 Å². The summed E-state index contributed by atoms with van der Waals surface area (Å²) in [5, 5.41) is 4.45. The van der Waals surface area contributed by atoms with Crippen molar-refractivity contribution in [2.75, 3.05) is 0 Å². The van der Waals surface area contributed by atoms with Gasteiger partial charge in [0.25, 0.3) is 0 Å². The highest BCUT2D eigenvalue weighted by atomic mass is 31.1. The monoisotopic (exact) mass is 582 g/mol. The van der Waals surface area contributed by atoms with Crippen LogP contribution < -0.4 is 15.1 Å². The molecule has 0 aliphatic rings. The summed E-state index contributed by atoms with van der Waals surface area (Å²) in [4.78, 5) is 0. The molecule has 7 aromatic rings. The number of para-hydroxylation sites is 3. The van der Waals surface area contributed by atoms with Gasteiger partial charge in [0.2, 0.25) is 8.01 Å². The molecular weight excluding hydrogens is 554 g/mol. The summed E-state index contributed by atoms with van der Waals surface area (Å²) in [5.41, 5.74) is 5.03. The van der Waals surface area contributed by atoms with Crippen molar-refractivity contribution in [1.29, 1.82) is 0 Å². The maximum atomic E-state index is 6.94. The van der Waals surface area contributed by atoms with Gasteiger partial charge >= 0.3 is 0 Å². The summed E-state index contributed by atoms with van der Waals surface area (Å²) in [7, 11) is -2.36. The second-order valence-corrected chi connectivity index (χ2v) is 13.0. The van der Waals surface area contributed by atoms with E-state index in [0.717, 1.165) is 44.4 Å². The molecule has 0 aliphatic carbocycles. The van der Waals surface area contributed by atoms with Crippen LogP contribution in [-0.4, -0.2) is 0 Å². The van der Waals surface area contributed by atoms with E-state index >= 15 is 0 Å². The second-order valence-electron chi connectivity index (χ2n) is 9.88. The summed E-state index contributed by atoms with van der Waals surface area (Å²) >= 11 is 0. The van der Waals surface area contributed by atoms with E-state index in [2.05, 4.69) is 103 Å². The normalized spacial score (nSPS) is 11.2. The highest BCUT2D eigenvalue weighted by Gasteiger charge is 2.20. The topological polar surface area (TPSA) is 35.5 Å². The Morgan fingerprint density at radius 3 is 1.57 bits per heavy atom. The molecule has 0 saturated heterocycles. The lowest BCUT2D eigenvalue weighted by atomic mass is 10.00. The first-order valence-corrected chi connectivity index (χ1v) is 16.5. The Bertz CT molecular complexity index is 1910. The minimum absolute atomic E-state index is 0.634. The van der Waals surface area contributed by atoms with Gasteiger partial charge in [0.05, 0.1) is 6.16 Å². The molecule has 1 heterocycles. The molecule has 6 aromatic carbocycles. The molecule has 0 saturated carbocycles. The predicted molar refractivity (Wildman–Crippen MR) is 177 cm³/mol. The molecule has 0 atom stereocenters. The Labute approximate surface area is 247 Å². The van der Waals surface area contributed by atoms with Crippen molar-refractivity contribution in [1.82, 2.24) is 0 Å². The maximum Gasteiger partial charge on any atom is 0.221 e. The van der Waals surface area contributed by atoms with Crippen molar-refractivity contribution >= 4 is 48.7 Å². The molecule has 0 fully saturated rings. The molecule has 0 radical (unpaired) electrons. The first-order chi connectivity index (χ1) is 20.8. The first-order valence-electron chi connectivity index (χ1n) is 13.9. The zero-order chi connectivity index (χ0) is 28.1. The fourth-order valence-corrected chi connectivity index (χ4v) is 8.38. The lowest BCUT2D eigenvalue weighted by molar-refractivity contribution is 0.631. The van der Waals surface area contributed by atoms with Gasteiger partial charge in [-0.25, -0.2) is 0 Å². The third kappa shape index (κ3) is 5.50. The van der Waals surface area contributed by atoms with Crippen LogP contribution in [0.4, 0.5) is 0 Å². The third-order valence-corrected chi connectivity index (χ3v) is 10.4. The van der Waals surface area contributed by atoms with Crippen LogP contribution in [0.15, 0.2) is 166 Å². The van der Waals surface area contributed by atoms with E-state index in [4.69, 9.17) is 12.9 Å². The number of benzene rings is 6. The lowest BCUT2D eigenvalue weighted by Crippen LogP contribution is -2.15. The minimum atomic E-state index is -1.29. The molecule has 42 heavy (non-hydrogen) atoms. The summed E-state index contributed by atoms with van der Waals surface area (Å²) < 4.78 is 20.1. The van der Waals surface area contributed by atoms with Crippen molar-refractivity contribution in [2.24, 2.45) is 0 Å². The summed E-state index contributed by atoms with van der Waals surface area (Å²) in [6.07, 6.45) is 0.634. The smallest absolute Gasteiger partial charge is 0.221 e. The average molecular weight is 583 g/mol. The van der Waals surface area contributed by atoms with Crippen molar-refractivity contribution < 1.29 is 12.9 Å². The van der Waals surface area contributed by atoms with Crippen molar-refractivity contribution in [3.8, 4) is 16.9 Å². The van der Waals surface area contributed by atoms with E-state index in [-0.39, 0.29) is 0 Å². The highest BCUT2D eigenvalue weighted by molar-refractivity contribution is 7.68. The van der Waals surface area contributed by atoms with Gasteiger partial charge in [0, 0.05) is 26.9 Å². The van der Waals surface area contributed by atoms with Gasteiger partial charge in [-0.15, -0.1) is 0 Å². The van der Waals surface area contributed by atoms with Crippen molar-refractivity contribution in [3.05, 3.63) is 163 Å². The molecule has 0 aliphatic heterocycles. The summed E-state index contributed by atoms with van der Waals surface area (Å²) in [6, 6.07) is 54.1. The molecule has 0 N–H and O–H groups in total. The number of rotatable bonds is 7. The Balaban J connectivity index is 1.31. The van der Waals surface area contributed by atoms with Gasteiger partial charge in [0.1, 0.15) is 16.9 Å². The van der Waals surface area contributed by atoms with Crippen LogP contribution in [0.5, 0.6) is 5.75 Å². The van der Waals surface area contributed by atoms with Crippen LogP contribution in [0.2, 0.25) is 0 Å². The van der Waals surface area contributed by atoms with Crippen LogP contribution in [-0.2, 0) is 6.16 Å². The number of hydrogen-bond acceptors (Lipinski definition) is 3. The quantitative estimate of drug-likeness (QED) is 0.175. The second kappa shape index (κ2) is 12.1. The minimum Gasteiger partial charge on any atom is -0.464 e. The van der Waals surface area contributed by atoms with Gasteiger partial charge in [0.15, 0.2) is 8.15 Å². The SMILES string of the molecule is c1ccc(P(Oc2ccccc2-c2ccccc2Cp2oc3ccccc3c3ccccc3o2)c2ccccc2)cc1. The van der Waals surface area contributed by atoms with E-state index in [1.165, 1.54) is 10.6 Å². The fourth-order valence-electron chi connectivity index (χ4n) is 5.15. The highest BCUT2D eigenvalue weighted by Crippen LogP contribution is 2.44. The average Bonchev–Trinajstić information content (AvgIpc) is 3.21. The van der Waals surface area contributed by atoms with Gasteiger partial charge in [-0.1, -0.05) is 140 Å². The zero-order valence-corrected chi connectivity index (χ0v) is 24.6. The molecule has 0 spiro atoms. The van der Waals surface area contributed by atoms with Crippen LogP contribution in [0, 0.1) is 0 Å². The van der Waals surface area contributed by atoms with Crippen LogP contribution in [0.25, 0.3) is 33.1 Å².